The van der Waals surface area contributed by atoms with Crippen LogP contribution in [-0.4, -0.2) is 38.4 Å². The zero-order valence-electron chi connectivity index (χ0n) is 12.4. The summed E-state index contributed by atoms with van der Waals surface area (Å²) in [5, 5.41) is 0. The Morgan fingerprint density at radius 2 is 2.05 bits per heavy atom. The lowest BCUT2D eigenvalue weighted by atomic mass is 9.99. The lowest BCUT2D eigenvalue weighted by molar-refractivity contribution is -0.137. The highest BCUT2D eigenvalue weighted by atomic mass is 32.2. The smallest absolute Gasteiger partial charge is 0.299 e. The van der Waals surface area contributed by atoms with Crippen molar-refractivity contribution in [1.29, 1.82) is 0 Å². The maximum atomic E-state index is 12.7. The van der Waals surface area contributed by atoms with Gasteiger partial charge in [-0.3, -0.25) is 4.90 Å². The van der Waals surface area contributed by atoms with E-state index in [-0.39, 0.29) is 11.7 Å². The van der Waals surface area contributed by atoms with Gasteiger partial charge in [-0.1, -0.05) is 18.2 Å². The van der Waals surface area contributed by atoms with Gasteiger partial charge >= 0.3 is 6.18 Å². The maximum absolute atomic E-state index is 12.7. The fraction of sp³-hybridized carbons (Fsp3) is 0.600. The molecule has 0 bridgehead atoms. The van der Waals surface area contributed by atoms with Gasteiger partial charge in [0.15, 0.2) is 0 Å². The van der Waals surface area contributed by atoms with Gasteiger partial charge < -0.3 is 0 Å². The summed E-state index contributed by atoms with van der Waals surface area (Å²) in [4.78, 5) is 2.04. The first kappa shape index (κ1) is 17.3. The topological polar surface area (TPSA) is 37.4 Å². The van der Waals surface area contributed by atoms with Gasteiger partial charge in [-0.2, -0.15) is 13.2 Å². The standard InChI is InChI=1S/C15H20F3NO2S/c1-22(20,21)11-13-5-3-7-19(10-13)9-12-4-2-6-14(8-12)15(16,17)18/h2,4,6,8,13H,3,5,7,9-11H2,1H3/t13-/m0/s1. The maximum Gasteiger partial charge on any atom is 0.416 e. The lowest BCUT2D eigenvalue weighted by Crippen LogP contribution is -2.37. The molecule has 0 N–H and O–H groups in total. The highest BCUT2D eigenvalue weighted by molar-refractivity contribution is 7.90. The minimum absolute atomic E-state index is 0.0644. The highest BCUT2D eigenvalue weighted by Gasteiger charge is 2.30. The molecule has 3 nitrogen and oxygen atoms in total. The molecule has 1 aromatic carbocycles. The van der Waals surface area contributed by atoms with Crippen molar-refractivity contribution in [1.82, 2.24) is 4.90 Å². The predicted molar refractivity (Wildman–Crippen MR) is 79.2 cm³/mol. The number of benzene rings is 1. The molecule has 0 spiro atoms. The molecule has 124 valence electrons. The van der Waals surface area contributed by atoms with Crippen molar-refractivity contribution in [3.63, 3.8) is 0 Å². The van der Waals surface area contributed by atoms with Gasteiger partial charge in [0.1, 0.15) is 9.84 Å². The van der Waals surface area contributed by atoms with Gasteiger partial charge in [0.05, 0.1) is 11.3 Å². The normalized spacial score (nSPS) is 21.0. The molecule has 0 unspecified atom stereocenters. The van der Waals surface area contributed by atoms with Gasteiger partial charge in [-0.15, -0.1) is 0 Å². The number of likely N-dealkylation sites (tertiary alicyclic amines) is 1. The summed E-state index contributed by atoms with van der Waals surface area (Å²) >= 11 is 0. The summed E-state index contributed by atoms with van der Waals surface area (Å²) in [5.74, 6) is 0.209. The Balaban J connectivity index is 2.01. The van der Waals surface area contributed by atoms with Crippen LogP contribution in [0.1, 0.15) is 24.0 Å². The quantitative estimate of drug-likeness (QED) is 0.849. The average Bonchev–Trinajstić information content (AvgIpc) is 2.36. The Hall–Kier alpha value is -1.08. The van der Waals surface area contributed by atoms with Crippen LogP contribution in [0.5, 0.6) is 0 Å². The number of rotatable bonds is 4. The number of alkyl halides is 3. The molecule has 1 saturated heterocycles. The van der Waals surface area contributed by atoms with Crippen LogP contribution in [0.4, 0.5) is 13.2 Å². The zero-order chi connectivity index (χ0) is 16.4. The lowest BCUT2D eigenvalue weighted by Gasteiger charge is -2.32. The molecule has 0 aliphatic carbocycles. The molecule has 0 radical (unpaired) electrons. The molecule has 22 heavy (non-hydrogen) atoms. The Morgan fingerprint density at radius 3 is 2.68 bits per heavy atom. The van der Waals surface area contributed by atoms with Crippen molar-refractivity contribution >= 4 is 9.84 Å². The van der Waals surface area contributed by atoms with Crippen molar-refractivity contribution in [2.45, 2.75) is 25.6 Å². The van der Waals surface area contributed by atoms with Gasteiger partial charge in [0, 0.05) is 19.3 Å². The number of nitrogens with zero attached hydrogens (tertiary/aromatic N) is 1. The van der Waals surface area contributed by atoms with E-state index < -0.39 is 21.6 Å². The molecule has 0 saturated carbocycles. The Bertz CT molecular complexity index is 613. The van der Waals surface area contributed by atoms with Crippen LogP contribution in [0, 0.1) is 5.92 Å². The van der Waals surface area contributed by atoms with Crippen molar-refractivity contribution in [3.05, 3.63) is 35.4 Å². The summed E-state index contributed by atoms with van der Waals surface area (Å²) in [6.07, 6.45) is -1.39. The largest absolute Gasteiger partial charge is 0.416 e. The van der Waals surface area contributed by atoms with E-state index >= 15 is 0 Å². The second-order valence-electron chi connectivity index (χ2n) is 6.03. The second kappa shape index (κ2) is 6.58. The Morgan fingerprint density at radius 1 is 1.32 bits per heavy atom. The number of piperidine rings is 1. The summed E-state index contributed by atoms with van der Waals surface area (Å²) in [6, 6.07) is 5.32. The summed E-state index contributed by atoms with van der Waals surface area (Å²) in [7, 11) is -3.02. The van der Waals surface area contributed by atoms with Crippen LogP contribution in [0.15, 0.2) is 24.3 Å². The van der Waals surface area contributed by atoms with Crippen molar-refractivity contribution < 1.29 is 21.6 Å². The first-order valence-corrected chi connectivity index (χ1v) is 9.26. The number of hydrogen-bond acceptors (Lipinski definition) is 3. The molecule has 7 heteroatoms. The van der Waals surface area contributed by atoms with E-state index in [0.29, 0.717) is 18.7 Å². The zero-order valence-corrected chi connectivity index (χ0v) is 13.3. The van der Waals surface area contributed by atoms with Gasteiger partial charge in [0.25, 0.3) is 0 Å². The van der Waals surface area contributed by atoms with Crippen LogP contribution in [0.3, 0.4) is 0 Å². The van der Waals surface area contributed by atoms with Gasteiger partial charge in [-0.05, 0) is 36.9 Å². The Labute approximate surface area is 129 Å². The molecule has 1 fully saturated rings. The van der Waals surface area contributed by atoms with E-state index in [1.54, 1.807) is 6.07 Å². The van der Waals surface area contributed by atoms with E-state index in [0.717, 1.165) is 25.5 Å². The Kier molecular flexibility index (Phi) is 5.17. The van der Waals surface area contributed by atoms with Crippen LogP contribution in [-0.2, 0) is 22.6 Å². The van der Waals surface area contributed by atoms with Gasteiger partial charge in [0.2, 0.25) is 0 Å². The number of halogens is 3. The van der Waals surface area contributed by atoms with E-state index in [1.165, 1.54) is 18.4 Å². The third-order valence-electron chi connectivity index (χ3n) is 3.80. The summed E-state index contributed by atoms with van der Waals surface area (Å²) in [6.45, 7) is 1.82. The van der Waals surface area contributed by atoms with Crippen molar-refractivity contribution in [2.24, 2.45) is 5.92 Å². The first-order valence-electron chi connectivity index (χ1n) is 7.20. The third-order valence-corrected chi connectivity index (χ3v) is 4.88. The van der Waals surface area contributed by atoms with Crippen LogP contribution in [0.25, 0.3) is 0 Å². The second-order valence-corrected chi connectivity index (χ2v) is 8.22. The number of sulfone groups is 1. The van der Waals surface area contributed by atoms with Crippen molar-refractivity contribution in [2.75, 3.05) is 25.1 Å². The van der Waals surface area contributed by atoms with Crippen LogP contribution >= 0.6 is 0 Å². The number of hydrogen-bond donors (Lipinski definition) is 0. The van der Waals surface area contributed by atoms with E-state index in [4.69, 9.17) is 0 Å². The third kappa shape index (κ3) is 5.28. The monoisotopic (exact) mass is 335 g/mol. The molecule has 1 aliphatic heterocycles. The molecule has 1 aliphatic rings. The average molecular weight is 335 g/mol. The van der Waals surface area contributed by atoms with Crippen LogP contribution < -0.4 is 0 Å². The molecule has 0 amide bonds. The molecular weight excluding hydrogens is 315 g/mol. The van der Waals surface area contributed by atoms with Crippen molar-refractivity contribution in [3.8, 4) is 0 Å². The molecule has 2 rings (SSSR count). The minimum Gasteiger partial charge on any atom is -0.299 e. The fourth-order valence-electron chi connectivity index (χ4n) is 2.96. The van der Waals surface area contributed by atoms with Crippen LogP contribution in [0.2, 0.25) is 0 Å². The molecule has 1 heterocycles. The summed E-state index contributed by atoms with van der Waals surface area (Å²) < 4.78 is 60.9. The van der Waals surface area contributed by atoms with E-state index in [1.807, 2.05) is 4.90 Å². The van der Waals surface area contributed by atoms with E-state index in [2.05, 4.69) is 0 Å². The molecular formula is C15H20F3NO2S. The summed E-state index contributed by atoms with van der Waals surface area (Å²) in [5.41, 5.74) is -0.0375. The molecule has 0 aromatic heterocycles. The minimum atomic E-state index is -4.34. The first-order chi connectivity index (χ1) is 10.1. The highest BCUT2D eigenvalue weighted by Crippen LogP contribution is 2.30. The SMILES string of the molecule is CS(=O)(=O)C[C@H]1CCCN(Cc2cccc(C(F)(F)F)c2)C1. The van der Waals surface area contributed by atoms with Gasteiger partial charge in [-0.25, -0.2) is 8.42 Å². The molecule has 1 aromatic rings. The predicted octanol–water partition coefficient (Wildman–Crippen LogP) is 2.96. The molecule has 1 atom stereocenters. The fourth-order valence-corrected chi connectivity index (χ4v) is 4.09. The van der Waals surface area contributed by atoms with E-state index in [9.17, 15) is 21.6 Å².